The minimum atomic E-state index is 0.0552. The summed E-state index contributed by atoms with van der Waals surface area (Å²) in [5.74, 6) is 7.01. The zero-order chi connectivity index (χ0) is 18.6. The quantitative estimate of drug-likeness (QED) is 0.354. The van der Waals surface area contributed by atoms with E-state index in [1.807, 2.05) is 19.9 Å². The van der Waals surface area contributed by atoms with Crippen LogP contribution in [0.4, 0.5) is 17.5 Å². The molecule has 25 heavy (non-hydrogen) atoms. The van der Waals surface area contributed by atoms with Crippen LogP contribution >= 0.6 is 0 Å². The van der Waals surface area contributed by atoms with E-state index in [1.54, 1.807) is 18.2 Å². The van der Waals surface area contributed by atoms with Crippen LogP contribution in [0.25, 0.3) is 11.5 Å². The third-order valence-corrected chi connectivity index (χ3v) is 3.53. The van der Waals surface area contributed by atoms with Gasteiger partial charge in [-0.15, -0.1) is 0 Å². The number of furan rings is 1. The molecule has 0 amide bonds. The summed E-state index contributed by atoms with van der Waals surface area (Å²) in [6.45, 7) is 7.85. The molecule has 0 aliphatic carbocycles. The van der Waals surface area contributed by atoms with Crippen LogP contribution in [0.5, 0.6) is 0 Å². The zero-order valence-corrected chi connectivity index (χ0v) is 14.4. The Labute approximate surface area is 146 Å². The highest BCUT2D eigenvalue weighted by molar-refractivity contribution is 5.79. The third-order valence-electron chi connectivity index (χ3n) is 3.53. The standard InChI is InChI=1S/C17H23N7O/c1-4-12(18)11(3)8-10(2)9-24(21)16-14(19)15(22-17(20)23-16)13-6-5-7-25-13/h4-8H,1,9,18-19,21H2,2-3H3,(H2,20,22,23)/b10-8+,12-11+. The average Bonchev–Trinajstić information content (AvgIpc) is 3.09. The van der Waals surface area contributed by atoms with Crippen LogP contribution in [0.2, 0.25) is 0 Å². The predicted molar refractivity (Wildman–Crippen MR) is 101 cm³/mol. The van der Waals surface area contributed by atoms with Gasteiger partial charge < -0.3 is 21.6 Å². The minimum absolute atomic E-state index is 0.0552. The van der Waals surface area contributed by atoms with Gasteiger partial charge in [-0.25, -0.2) is 10.8 Å². The largest absolute Gasteiger partial charge is 0.463 e. The summed E-state index contributed by atoms with van der Waals surface area (Å²) in [7, 11) is 0. The molecule has 2 rings (SSSR count). The summed E-state index contributed by atoms with van der Waals surface area (Å²) < 4.78 is 5.34. The van der Waals surface area contributed by atoms with Crippen molar-refractivity contribution in [2.75, 3.05) is 23.0 Å². The van der Waals surface area contributed by atoms with Gasteiger partial charge in [0.25, 0.3) is 0 Å². The minimum Gasteiger partial charge on any atom is -0.463 e. The summed E-state index contributed by atoms with van der Waals surface area (Å²) in [6, 6.07) is 3.47. The monoisotopic (exact) mass is 341 g/mol. The second-order valence-corrected chi connectivity index (χ2v) is 5.61. The highest BCUT2D eigenvalue weighted by Gasteiger charge is 2.18. The van der Waals surface area contributed by atoms with E-state index in [-0.39, 0.29) is 11.6 Å². The number of nitrogens with two attached hydrogens (primary N) is 4. The van der Waals surface area contributed by atoms with Crippen LogP contribution in [-0.2, 0) is 0 Å². The maximum absolute atomic E-state index is 6.17. The summed E-state index contributed by atoms with van der Waals surface area (Å²) in [6.07, 6.45) is 5.04. The average molecular weight is 341 g/mol. The van der Waals surface area contributed by atoms with E-state index < -0.39 is 0 Å². The van der Waals surface area contributed by atoms with E-state index >= 15 is 0 Å². The smallest absolute Gasteiger partial charge is 0.222 e. The first-order valence-corrected chi connectivity index (χ1v) is 7.58. The summed E-state index contributed by atoms with van der Waals surface area (Å²) in [4.78, 5) is 8.28. The molecule has 0 radical (unpaired) electrons. The van der Waals surface area contributed by atoms with Gasteiger partial charge in [-0.05, 0) is 37.6 Å². The number of nitrogens with zero attached hydrogens (tertiary/aromatic N) is 3. The van der Waals surface area contributed by atoms with E-state index in [0.717, 1.165) is 11.1 Å². The normalized spacial score (nSPS) is 12.7. The van der Waals surface area contributed by atoms with Crippen molar-refractivity contribution in [3.63, 3.8) is 0 Å². The van der Waals surface area contributed by atoms with Crippen molar-refractivity contribution < 1.29 is 4.42 Å². The number of anilines is 3. The van der Waals surface area contributed by atoms with Crippen LogP contribution < -0.4 is 28.1 Å². The van der Waals surface area contributed by atoms with E-state index in [0.29, 0.717) is 29.5 Å². The molecule has 0 saturated carbocycles. The summed E-state index contributed by atoms with van der Waals surface area (Å²) in [5.41, 5.74) is 20.9. The number of rotatable bonds is 6. The molecule has 2 heterocycles. The molecule has 0 atom stereocenters. The number of aromatic nitrogens is 2. The van der Waals surface area contributed by atoms with Crippen LogP contribution in [0.1, 0.15) is 13.8 Å². The van der Waals surface area contributed by atoms with Crippen molar-refractivity contribution in [3.05, 3.63) is 54.0 Å². The highest BCUT2D eigenvalue weighted by atomic mass is 16.3. The van der Waals surface area contributed by atoms with Crippen LogP contribution in [0, 0.1) is 0 Å². The summed E-state index contributed by atoms with van der Waals surface area (Å²) >= 11 is 0. The van der Waals surface area contributed by atoms with Gasteiger partial charge >= 0.3 is 0 Å². The van der Waals surface area contributed by atoms with Gasteiger partial charge in [0, 0.05) is 5.70 Å². The van der Waals surface area contributed by atoms with Crippen molar-refractivity contribution in [1.29, 1.82) is 0 Å². The molecule has 2 aromatic heterocycles. The molecule has 0 aromatic carbocycles. The van der Waals surface area contributed by atoms with Crippen LogP contribution in [-0.4, -0.2) is 16.5 Å². The maximum Gasteiger partial charge on any atom is 0.222 e. The van der Waals surface area contributed by atoms with Crippen molar-refractivity contribution in [3.8, 4) is 11.5 Å². The topological polar surface area (TPSA) is 146 Å². The molecule has 8 nitrogen and oxygen atoms in total. The maximum atomic E-state index is 6.17. The Kier molecular flexibility index (Phi) is 5.45. The first kappa shape index (κ1) is 18.1. The molecule has 0 fully saturated rings. The Bertz CT molecular complexity index is 822. The molecule has 8 N–H and O–H groups in total. The van der Waals surface area contributed by atoms with Gasteiger partial charge in [0.15, 0.2) is 11.6 Å². The third kappa shape index (κ3) is 4.18. The van der Waals surface area contributed by atoms with E-state index in [9.17, 15) is 0 Å². The molecule has 0 aliphatic rings. The Morgan fingerprint density at radius 3 is 2.64 bits per heavy atom. The number of nitrogen functional groups attached to an aromatic ring is 2. The molecule has 0 saturated heterocycles. The molecule has 0 bridgehead atoms. The highest BCUT2D eigenvalue weighted by Crippen LogP contribution is 2.31. The number of hydrazine groups is 1. The van der Waals surface area contributed by atoms with E-state index in [1.165, 1.54) is 11.3 Å². The second kappa shape index (κ2) is 7.54. The lowest BCUT2D eigenvalue weighted by atomic mass is 10.1. The Morgan fingerprint density at radius 1 is 1.32 bits per heavy atom. The van der Waals surface area contributed by atoms with E-state index in [2.05, 4.69) is 16.5 Å². The number of allylic oxidation sites excluding steroid dienone is 3. The van der Waals surface area contributed by atoms with Gasteiger partial charge in [-0.3, -0.25) is 5.01 Å². The fraction of sp³-hybridized carbons (Fsp3) is 0.176. The first-order valence-electron chi connectivity index (χ1n) is 7.58. The Morgan fingerprint density at radius 2 is 2.04 bits per heavy atom. The van der Waals surface area contributed by atoms with Gasteiger partial charge in [-0.1, -0.05) is 18.2 Å². The lowest BCUT2D eigenvalue weighted by Crippen LogP contribution is -2.34. The molecule has 2 aromatic rings. The summed E-state index contributed by atoms with van der Waals surface area (Å²) in [5, 5.41) is 1.41. The molecular formula is C17H23N7O. The lowest BCUT2D eigenvalue weighted by Gasteiger charge is -2.21. The second-order valence-electron chi connectivity index (χ2n) is 5.61. The van der Waals surface area contributed by atoms with Crippen LogP contribution in [0.15, 0.2) is 58.4 Å². The Balaban J connectivity index is 2.32. The molecule has 0 spiro atoms. The number of hydrogen-bond acceptors (Lipinski definition) is 8. The first-order chi connectivity index (χ1) is 11.8. The molecule has 0 aliphatic heterocycles. The fourth-order valence-corrected chi connectivity index (χ4v) is 2.30. The number of hydrogen-bond donors (Lipinski definition) is 4. The van der Waals surface area contributed by atoms with Gasteiger partial charge in [0.05, 0.1) is 12.8 Å². The molecule has 8 heteroatoms. The Hall–Kier alpha value is -3.26. The molecular weight excluding hydrogens is 318 g/mol. The lowest BCUT2D eigenvalue weighted by molar-refractivity contribution is 0.580. The zero-order valence-electron chi connectivity index (χ0n) is 14.4. The molecule has 132 valence electrons. The fourth-order valence-electron chi connectivity index (χ4n) is 2.30. The van der Waals surface area contributed by atoms with Crippen molar-refractivity contribution in [2.45, 2.75) is 13.8 Å². The predicted octanol–water partition coefficient (Wildman–Crippen LogP) is 1.95. The van der Waals surface area contributed by atoms with E-state index in [4.69, 9.17) is 27.5 Å². The SMILES string of the molecule is C=C/C(N)=C(C)\C=C(/C)CN(N)c1nc(N)nc(-c2ccco2)c1N. The van der Waals surface area contributed by atoms with Gasteiger partial charge in [0.2, 0.25) is 5.95 Å². The van der Waals surface area contributed by atoms with Crippen molar-refractivity contribution >= 4 is 17.5 Å². The van der Waals surface area contributed by atoms with Gasteiger partial charge in [0.1, 0.15) is 11.4 Å². The van der Waals surface area contributed by atoms with Crippen LogP contribution in [0.3, 0.4) is 0 Å². The van der Waals surface area contributed by atoms with Crippen molar-refractivity contribution in [1.82, 2.24) is 9.97 Å². The van der Waals surface area contributed by atoms with Gasteiger partial charge in [-0.2, -0.15) is 4.98 Å². The molecule has 0 unspecified atom stereocenters. The van der Waals surface area contributed by atoms with Crippen molar-refractivity contribution in [2.24, 2.45) is 11.6 Å².